The molecule has 0 aliphatic rings. The minimum atomic E-state index is -1.36. The highest BCUT2D eigenvalue weighted by atomic mass is 28.3. The number of rotatable bonds is 12. The van der Waals surface area contributed by atoms with Crippen LogP contribution in [-0.2, 0) is 33.4 Å². The van der Waals surface area contributed by atoms with Crippen molar-refractivity contribution in [3.8, 4) is 0 Å². The molecular formula is C21H37NO7Si. The van der Waals surface area contributed by atoms with Crippen LogP contribution in [0.4, 0.5) is 0 Å². The number of esters is 3. The van der Waals surface area contributed by atoms with Crippen LogP contribution in [0.25, 0.3) is 0 Å². The number of carbonyl (C=O) groups is 4. The van der Waals surface area contributed by atoms with E-state index < -0.39 is 43.4 Å². The number of hydrogen-bond acceptors (Lipinski definition) is 7. The van der Waals surface area contributed by atoms with Gasteiger partial charge in [-0.15, -0.1) is 0 Å². The second-order valence-corrected chi connectivity index (χ2v) is 14.8. The molecule has 1 unspecified atom stereocenters. The molecule has 30 heavy (non-hydrogen) atoms. The van der Waals surface area contributed by atoms with E-state index in [1.54, 1.807) is 20.8 Å². The van der Waals surface area contributed by atoms with Crippen molar-refractivity contribution in [2.45, 2.75) is 71.3 Å². The quantitative estimate of drug-likeness (QED) is 0.123. The van der Waals surface area contributed by atoms with Gasteiger partial charge in [0.1, 0.15) is 5.60 Å². The van der Waals surface area contributed by atoms with E-state index in [0.29, 0.717) is 26.0 Å². The summed E-state index contributed by atoms with van der Waals surface area (Å²) in [5, 5.41) is 2.62. The largest absolute Gasteiger partial charge is 0.466 e. The third-order valence-electron chi connectivity index (χ3n) is 3.86. The Morgan fingerprint density at radius 1 is 1.00 bits per heavy atom. The summed E-state index contributed by atoms with van der Waals surface area (Å²) in [4.78, 5) is 47.5. The molecule has 0 aromatic rings. The standard InChI is InChI=1S/C21H37NO7Si/c1-21(2,3)29-20(26)16(19(25)28-14-15-30(5,6)7)10-8-9-13-22-17(23)11-12-18(24)27-4/h11-12,16H,8-10,13-15H2,1-7H3,(H,22,23). The predicted molar refractivity (Wildman–Crippen MR) is 116 cm³/mol. The molecule has 172 valence electrons. The van der Waals surface area contributed by atoms with E-state index in [4.69, 9.17) is 9.47 Å². The van der Waals surface area contributed by atoms with Gasteiger partial charge in [0.25, 0.3) is 0 Å². The van der Waals surface area contributed by atoms with Gasteiger partial charge in [-0.05, 0) is 39.7 Å². The number of unbranched alkanes of at least 4 members (excludes halogenated alkanes) is 1. The molecule has 0 saturated carbocycles. The van der Waals surface area contributed by atoms with Crippen molar-refractivity contribution in [1.82, 2.24) is 5.32 Å². The molecule has 1 amide bonds. The lowest BCUT2D eigenvalue weighted by Crippen LogP contribution is -2.34. The van der Waals surface area contributed by atoms with Crippen molar-refractivity contribution in [1.29, 1.82) is 0 Å². The lowest BCUT2D eigenvalue weighted by atomic mass is 10.0. The van der Waals surface area contributed by atoms with Crippen molar-refractivity contribution in [3.63, 3.8) is 0 Å². The maximum atomic E-state index is 12.5. The van der Waals surface area contributed by atoms with Crippen LogP contribution >= 0.6 is 0 Å². The topological polar surface area (TPSA) is 108 Å². The first kappa shape index (κ1) is 27.8. The Labute approximate surface area is 180 Å². The van der Waals surface area contributed by atoms with E-state index in [1.165, 1.54) is 7.11 Å². The lowest BCUT2D eigenvalue weighted by Gasteiger charge is -2.23. The fourth-order valence-electron chi connectivity index (χ4n) is 2.22. The molecule has 0 aliphatic carbocycles. The van der Waals surface area contributed by atoms with Gasteiger partial charge < -0.3 is 19.5 Å². The van der Waals surface area contributed by atoms with Crippen molar-refractivity contribution < 1.29 is 33.4 Å². The van der Waals surface area contributed by atoms with Crippen molar-refractivity contribution in [2.24, 2.45) is 5.92 Å². The first-order valence-corrected chi connectivity index (χ1v) is 13.9. The highest BCUT2D eigenvalue weighted by Crippen LogP contribution is 2.18. The Bertz CT molecular complexity index is 618. The van der Waals surface area contributed by atoms with Crippen molar-refractivity contribution in [2.75, 3.05) is 20.3 Å². The molecule has 0 spiro atoms. The van der Waals surface area contributed by atoms with Gasteiger partial charge >= 0.3 is 17.9 Å². The average molecular weight is 444 g/mol. The summed E-state index contributed by atoms with van der Waals surface area (Å²) in [6.07, 6.45) is 3.47. The third-order valence-corrected chi connectivity index (χ3v) is 5.57. The Morgan fingerprint density at radius 3 is 2.17 bits per heavy atom. The molecule has 1 atom stereocenters. The molecule has 1 N–H and O–H groups in total. The van der Waals surface area contributed by atoms with Crippen LogP contribution in [0, 0.1) is 5.92 Å². The number of amides is 1. The lowest BCUT2D eigenvalue weighted by molar-refractivity contribution is -0.169. The maximum absolute atomic E-state index is 12.5. The van der Waals surface area contributed by atoms with Crippen molar-refractivity contribution in [3.05, 3.63) is 12.2 Å². The summed E-state index contributed by atoms with van der Waals surface area (Å²) in [6, 6.07) is 0.824. The van der Waals surface area contributed by atoms with Gasteiger partial charge in [-0.1, -0.05) is 26.1 Å². The Morgan fingerprint density at radius 2 is 1.63 bits per heavy atom. The van der Waals surface area contributed by atoms with Crippen LogP contribution in [0.1, 0.15) is 40.0 Å². The summed E-state index contributed by atoms with van der Waals surface area (Å²) < 4.78 is 15.1. The van der Waals surface area contributed by atoms with E-state index in [0.717, 1.165) is 18.2 Å². The minimum Gasteiger partial charge on any atom is -0.466 e. The zero-order valence-electron chi connectivity index (χ0n) is 19.3. The average Bonchev–Trinajstić information content (AvgIpc) is 2.59. The highest BCUT2D eigenvalue weighted by Gasteiger charge is 2.32. The Hall–Kier alpha value is -2.16. The monoisotopic (exact) mass is 443 g/mol. The molecule has 8 nitrogen and oxygen atoms in total. The van der Waals surface area contributed by atoms with Gasteiger partial charge in [0.15, 0.2) is 5.92 Å². The molecule has 0 heterocycles. The molecule has 0 rings (SSSR count). The number of carbonyl (C=O) groups excluding carboxylic acids is 4. The summed E-state index contributed by atoms with van der Waals surface area (Å²) >= 11 is 0. The Kier molecular flexibility index (Phi) is 12.3. The molecule has 0 aliphatic heterocycles. The molecule has 0 saturated heterocycles. The summed E-state index contributed by atoms with van der Waals surface area (Å²) in [5.74, 6) is -3.17. The van der Waals surface area contributed by atoms with Gasteiger partial charge in [-0.2, -0.15) is 0 Å². The zero-order valence-corrected chi connectivity index (χ0v) is 20.3. The fourth-order valence-corrected chi connectivity index (χ4v) is 2.93. The van der Waals surface area contributed by atoms with Gasteiger partial charge in [0.2, 0.25) is 5.91 Å². The molecule has 0 bridgehead atoms. The summed E-state index contributed by atoms with van der Waals surface area (Å²) in [6.45, 7) is 12.4. The first-order chi connectivity index (χ1) is 13.7. The fraction of sp³-hybridized carbons (Fsp3) is 0.714. The third kappa shape index (κ3) is 14.8. The van der Waals surface area contributed by atoms with Gasteiger partial charge in [0, 0.05) is 26.8 Å². The van der Waals surface area contributed by atoms with Gasteiger partial charge in [0.05, 0.1) is 13.7 Å². The second-order valence-electron chi connectivity index (χ2n) is 9.21. The van der Waals surface area contributed by atoms with E-state index in [2.05, 4.69) is 29.7 Å². The number of methoxy groups -OCH3 is 1. The normalized spacial score (nSPS) is 12.9. The summed E-state index contributed by atoms with van der Waals surface area (Å²) in [5.41, 5.74) is -0.701. The smallest absolute Gasteiger partial charge is 0.330 e. The van der Waals surface area contributed by atoms with Gasteiger partial charge in [-0.3, -0.25) is 14.4 Å². The van der Waals surface area contributed by atoms with Crippen LogP contribution in [0.3, 0.4) is 0 Å². The van der Waals surface area contributed by atoms with Crippen LogP contribution in [0.15, 0.2) is 12.2 Å². The minimum absolute atomic E-state index is 0.272. The molecular weight excluding hydrogens is 406 g/mol. The first-order valence-electron chi connectivity index (χ1n) is 10.2. The van der Waals surface area contributed by atoms with E-state index in [9.17, 15) is 19.2 Å². The second kappa shape index (κ2) is 13.2. The molecule has 9 heteroatoms. The maximum Gasteiger partial charge on any atom is 0.330 e. The number of hydrogen-bond donors (Lipinski definition) is 1. The molecule has 0 fully saturated rings. The highest BCUT2D eigenvalue weighted by molar-refractivity contribution is 6.76. The molecule has 0 aromatic heterocycles. The predicted octanol–water partition coefficient (Wildman–Crippen LogP) is 2.84. The van der Waals surface area contributed by atoms with Crippen LogP contribution in [0.5, 0.6) is 0 Å². The number of ether oxygens (including phenoxy) is 3. The van der Waals surface area contributed by atoms with E-state index in [1.807, 2.05) is 0 Å². The number of nitrogens with one attached hydrogen (secondary N) is 1. The molecule has 0 aromatic carbocycles. The van der Waals surface area contributed by atoms with Gasteiger partial charge in [-0.25, -0.2) is 4.79 Å². The molecule has 0 radical (unpaired) electrons. The SMILES string of the molecule is COC(=O)C=CC(=O)NCCCCC(C(=O)OCC[Si](C)(C)C)C(=O)OC(C)(C)C. The van der Waals surface area contributed by atoms with Crippen LogP contribution in [-0.4, -0.2) is 57.8 Å². The van der Waals surface area contributed by atoms with Crippen LogP contribution < -0.4 is 5.32 Å². The Balaban J connectivity index is 4.62. The summed E-state index contributed by atoms with van der Waals surface area (Å²) in [7, 11) is -0.132. The van der Waals surface area contributed by atoms with E-state index >= 15 is 0 Å². The van der Waals surface area contributed by atoms with Crippen LogP contribution in [0.2, 0.25) is 25.7 Å². The zero-order chi connectivity index (χ0) is 23.4. The van der Waals surface area contributed by atoms with E-state index in [-0.39, 0.29) is 6.42 Å². The van der Waals surface area contributed by atoms with Crippen molar-refractivity contribution >= 4 is 31.9 Å².